The zero-order valence-electron chi connectivity index (χ0n) is 11.9. The maximum Gasteiger partial charge on any atom is 0.316 e. The number of carbonyl (C=O) groups is 1. The van der Waals surface area contributed by atoms with Crippen molar-refractivity contribution in [3.63, 3.8) is 0 Å². The second-order valence-electron chi connectivity index (χ2n) is 5.12. The van der Waals surface area contributed by atoms with Crippen LogP contribution in [0.4, 0.5) is 0 Å². The monoisotopic (exact) mass is 253 g/mol. The molecule has 18 heavy (non-hydrogen) atoms. The van der Waals surface area contributed by atoms with Gasteiger partial charge in [0.25, 0.3) is 0 Å². The van der Waals surface area contributed by atoms with Crippen LogP contribution in [0.25, 0.3) is 0 Å². The van der Waals surface area contributed by atoms with E-state index in [2.05, 4.69) is 24.0 Å². The molecule has 1 atom stereocenters. The quantitative estimate of drug-likeness (QED) is 0.731. The van der Waals surface area contributed by atoms with Gasteiger partial charge in [0, 0.05) is 6.04 Å². The highest BCUT2D eigenvalue weighted by molar-refractivity contribution is 5.77. The molecule has 0 aliphatic rings. The minimum absolute atomic E-state index is 0.207. The SMILES string of the molecule is CCOC(=O)C(CC(C)C)c1nncn1C(C)C. The van der Waals surface area contributed by atoms with E-state index >= 15 is 0 Å². The first-order valence-electron chi connectivity index (χ1n) is 6.53. The Morgan fingerprint density at radius 3 is 2.56 bits per heavy atom. The van der Waals surface area contributed by atoms with Crippen molar-refractivity contribution in [3.05, 3.63) is 12.2 Å². The van der Waals surface area contributed by atoms with Gasteiger partial charge in [-0.05, 0) is 33.1 Å². The second kappa shape index (κ2) is 6.52. The Bertz CT molecular complexity index is 385. The number of rotatable bonds is 6. The predicted octanol–water partition coefficient (Wildman–Crippen LogP) is 2.55. The van der Waals surface area contributed by atoms with E-state index in [1.807, 2.05) is 25.3 Å². The summed E-state index contributed by atoms with van der Waals surface area (Å²) in [4.78, 5) is 12.0. The molecular formula is C13H23N3O2. The van der Waals surface area contributed by atoms with Crippen molar-refractivity contribution in [2.24, 2.45) is 5.92 Å². The van der Waals surface area contributed by atoms with Crippen LogP contribution in [-0.4, -0.2) is 27.3 Å². The van der Waals surface area contributed by atoms with Crippen molar-refractivity contribution >= 4 is 5.97 Å². The van der Waals surface area contributed by atoms with Crippen molar-refractivity contribution in [2.75, 3.05) is 6.61 Å². The fraction of sp³-hybridized carbons (Fsp3) is 0.769. The maximum absolute atomic E-state index is 12.0. The molecule has 0 amide bonds. The van der Waals surface area contributed by atoms with Gasteiger partial charge in [0.2, 0.25) is 0 Å². The van der Waals surface area contributed by atoms with Gasteiger partial charge in [-0.25, -0.2) is 0 Å². The minimum Gasteiger partial charge on any atom is -0.465 e. The summed E-state index contributed by atoms with van der Waals surface area (Å²) in [6.45, 7) is 10.5. The third kappa shape index (κ3) is 3.55. The third-order valence-electron chi connectivity index (χ3n) is 2.75. The molecule has 0 saturated heterocycles. The van der Waals surface area contributed by atoms with E-state index in [4.69, 9.17) is 4.74 Å². The maximum atomic E-state index is 12.0. The Hall–Kier alpha value is -1.39. The second-order valence-corrected chi connectivity index (χ2v) is 5.12. The lowest BCUT2D eigenvalue weighted by Crippen LogP contribution is -2.22. The van der Waals surface area contributed by atoms with Crippen LogP contribution in [0.1, 0.15) is 58.8 Å². The fourth-order valence-electron chi connectivity index (χ4n) is 1.92. The first-order chi connectivity index (χ1) is 8.47. The van der Waals surface area contributed by atoms with Gasteiger partial charge in [0.05, 0.1) is 6.61 Å². The summed E-state index contributed by atoms with van der Waals surface area (Å²) >= 11 is 0. The van der Waals surface area contributed by atoms with Gasteiger partial charge in [-0.15, -0.1) is 10.2 Å². The van der Waals surface area contributed by atoms with Crippen molar-refractivity contribution in [3.8, 4) is 0 Å². The number of hydrogen-bond acceptors (Lipinski definition) is 4. The first kappa shape index (κ1) is 14.7. The summed E-state index contributed by atoms with van der Waals surface area (Å²) in [7, 11) is 0. The average Bonchev–Trinajstić information content (AvgIpc) is 2.74. The lowest BCUT2D eigenvalue weighted by molar-refractivity contribution is -0.145. The Balaban J connectivity index is 3.01. The molecule has 1 heterocycles. The van der Waals surface area contributed by atoms with Crippen LogP contribution in [0.2, 0.25) is 0 Å². The number of aromatic nitrogens is 3. The van der Waals surface area contributed by atoms with Gasteiger partial charge in [0.1, 0.15) is 18.1 Å². The molecule has 0 radical (unpaired) electrons. The van der Waals surface area contributed by atoms with E-state index in [1.54, 1.807) is 6.33 Å². The van der Waals surface area contributed by atoms with E-state index in [0.29, 0.717) is 18.3 Å². The molecule has 1 rings (SSSR count). The number of esters is 1. The molecule has 0 aromatic carbocycles. The molecule has 1 aromatic heterocycles. The summed E-state index contributed by atoms with van der Waals surface area (Å²) in [5.74, 6) is 0.574. The van der Waals surface area contributed by atoms with E-state index in [-0.39, 0.29) is 17.9 Å². The molecule has 0 N–H and O–H groups in total. The van der Waals surface area contributed by atoms with Crippen LogP contribution in [0.15, 0.2) is 6.33 Å². The lowest BCUT2D eigenvalue weighted by atomic mass is 9.96. The number of ether oxygens (including phenoxy) is 1. The van der Waals surface area contributed by atoms with Crippen molar-refractivity contribution in [1.29, 1.82) is 0 Å². The highest BCUT2D eigenvalue weighted by atomic mass is 16.5. The summed E-state index contributed by atoms with van der Waals surface area (Å²) in [6.07, 6.45) is 2.40. The first-order valence-corrected chi connectivity index (χ1v) is 6.53. The summed E-state index contributed by atoms with van der Waals surface area (Å²) in [6, 6.07) is 0.235. The summed E-state index contributed by atoms with van der Waals surface area (Å²) in [5, 5.41) is 8.03. The Kier molecular flexibility index (Phi) is 5.31. The van der Waals surface area contributed by atoms with Gasteiger partial charge in [-0.2, -0.15) is 0 Å². The van der Waals surface area contributed by atoms with Crippen LogP contribution in [0.3, 0.4) is 0 Å². The molecule has 102 valence electrons. The van der Waals surface area contributed by atoms with Gasteiger partial charge in [-0.1, -0.05) is 13.8 Å². The highest BCUT2D eigenvalue weighted by Crippen LogP contribution is 2.25. The zero-order chi connectivity index (χ0) is 13.7. The third-order valence-corrected chi connectivity index (χ3v) is 2.75. The van der Waals surface area contributed by atoms with E-state index in [1.165, 1.54) is 0 Å². The highest BCUT2D eigenvalue weighted by Gasteiger charge is 2.28. The van der Waals surface area contributed by atoms with Crippen molar-refractivity contribution in [2.45, 2.75) is 53.0 Å². The fourth-order valence-corrected chi connectivity index (χ4v) is 1.92. The van der Waals surface area contributed by atoms with Crippen LogP contribution in [-0.2, 0) is 9.53 Å². The molecule has 1 aromatic rings. The zero-order valence-corrected chi connectivity index (χ0v) is 11.9. The molecule has 0 saturated carbocycles. The molecular weight excluding hydrogens is 230 g/mol. The average molecular weight is 253 g/mol. The molecule has 0 fully saturated rings. The minimum atomic E-state index is -0.324. The standard InChI is InChI=1S/C13H23N3O2/c1-6-18-13(17)11(7-9(2)3)12-15-14-8-16(12)10(4)5/h8-11H,6-7H2,1-5H3. The number of carbonyl (C=O) groups excluding carboxylic acids is 1. The van der Waals surface area contributed by atoms with Crippen LogP contribution in [0.5, 0.6) is 0 Å². The normalized spacial score (nSPS) is 13.1. The van der Waals surface area contributed by atoms with Crippen LogP contribution >= 0.6 is 0 Å². The van der Waals surface area contributed by atoms with E-state index in [0.717, 1.165) is 6.42 Å². The van der Waals surface area contributed by atoms with Gasteiger partial charge in [0.15, 0.2) is 0 Å². The largest absolute Gasteiger partial charge is 0.465 e. The predicted molar refractivity (Wildman–Crippen MR) is 69.2 cm³/mol. The molecule has 0 bridgehead atoms. The van der Waals surface area contributed by atoms with E-state index in [9.17, 15) is 4.79 Å². The summed E-state index contributed by atoms with van der Waals surface area (Å²) < 4.78 is 7.08. The van der Waals surface area contributed by atoms with Gasteiger partial charge in [-0.3, -0.25) is 4.79 Å². The molecule has 5 heteroatoms. The summed E-state index contributed by atoms with van der Waals surface area (Å²) in [5.41, 5.74) is 0. The molecule has 0 aliphatic carbocycles. The van der Waals surface area contributed by atoms with Crippen molar-refractivity contribution < 1.29 is 9.53 Å². The van der Waals surface area contributed by atoms with Crippen LogP contribution < -0.4 is 0 Å². The van der Waals surface area contributed by atoms with E-state index < -0.39 is 0 Å². The Morgan fingerprint density at radius 2 is 2.06 bits per heavy atom. The van der Waals surface area contributed by atoms with Gasteiger partial charge < -0.3 is 9.30 Å². The number of hydrogen-bond donors (Lipinski definition) is 0. The lowest BCUT2D eigenvalue weighted by Gasteiger charge is -2.19. The topological polar surface area (TPSA) is 57.0 Å². The van der Waals surface area contributed by atoms with Crippen LogP contribution in [0, 0.1) is 5.92 Å². The molecule has 5 nitrogen and oxygen atoms in total. The van der Waals surface area contributed by atoms with Gasteiger partial charge >= 0.3 is 5.97 Å². The number of nitrogens with zero attached hydrogens (tertiary/aromatic N) is 3. The molecule has 1 unspecified atom stereocenters. The van der Waals surface area contributed by atoms with Crippen molar-refractivity contribution in [1.82, 2.24) is 14.8 Å². The molecule has 0 spiro atoms. The Labute approximate surface area is 109 Å². The Morgan fingerprint density at radius 1 is 1.39 bits per heavy atom. The molecule has 0 aliphatic heterocycles. The smallest absolute Gasteiger partial charge is 0.316 e.